The van der Waals surface area contributed by atoms with E-state index in [2.05, 4.69) is 4.98 Å². The number of aromatic nitrogens is 2. The Kier molecular flexibility index (Phi) is 5.18. The molecule has 2 aromatic carbocycles. The molecule has 1 fully saturated rings. The summed E-state index contributed by atoms with van der Waals surface area (Å²) in [5, 5.41) is 11.7. The third kappa shape index (κ3) is 3.93. The Morgan fingerprint density at radius 1 is 1.07 bits per heavy atom. The summed E-state index contributed by atoms with van der Waals surface area (Å²) in [5.74, 6) is -0.0487. The molecule has 0 bridgehead atoms. The van der Waals surface area contributed by atoms with Crippen LogP contribution in [0.1, 0.15) is 10.4 Å². The highest BCUT2D eigenvalue weighted by molar-refractivity contribution is 6.30. The third-order valence-electron chi connectivity index (χ3n) is 4.96. The molecule has 4 rings (SSSR count). The van der Waals surface area contributed by atoms with Crippen LogP contribution < -0.4 is 4.90 Å². The van der Waals surface area contributed by atoms with Crippen molar-refractivity contribution in [2.75, 3.05) is 31.1 Å². The molecular weight excluding hydrogens is 394 g/mol. The lowest BCUT2D eigenvalue weighted by molar-refractivity contribution is -0.384. The van der Waals surface area contributed by atoms with Crippen molar-refractivity contribution in [1.82, 2.24) is 14.5 Å². The van der Waals surface area contributed by atoms with Gasteiger partial charge in [-0.3, -0.25) is 14.9 Å². The molecule has 1 saturated heterocycles. The van der Waals surface area contributed by atoms with Gasteiger partial charge in [0.15, 0.2) is 0 Å². The molecule has 0 unspecified atom stereocenters. The van der Waals surface area contributed by atoms with E-state index in [1.807, 2.05) is 27.8 Å². The zero-order chi connectivity index (χ0) is 20.4. The minimum absolute atomic E-state index is 0.0210. The molecule has 1 aromatic heterocycles. The average Bonchev–Trinajstić information content (AvgIpc) is 3.28. The summed E-state index contributed by atoms with van der Waals surface area (Å²) in [7, 11) is 0. The van der Waals surface area contributed by atoms with Crippen LogP contribution in [0.3, 0.4) is 0 Å². The van der Waals surface area contributed by atoms with Gasteiger partial charge in [-0.1, -0.05) is 11.6 Å². The highest BCUT2D eigenvalue weighted by Gasteiger charge is 2.26. The number of imidazole rings is 1. The van der Waals surface area contributed by atoms with E-state index < -0.39 is 4.92 Å². The maximum Gasteiger partial charge on any atom is 0.294 e. The Balaban J connectivity index is 1.43. The second-order valence-electron chi connectivity index (χ2n) is 6.69. The van der Waals surface area contributed by atoms with E-state index in [4.69, 9.17) is 11.6 Å². The Bertz CT molecular complexity index is 1030. The Morgan fingerprint density at radius 3 is 2.41 bits per heavy atom. The van der Waals surface area contributed by atoms with Gasteiger partial charge in [-0.15, -0.1) is 0 Å². The molecular formula is C20H18ClN5O3. The van der Waals surface area contributed by atoms with Gasteiger partial charge in [0, 0.05) is 60.9 Å². The van der Waals surface area contributed by atoms with E-state index in [-0.39, 0.29) is 11.6 Å². The molecule has 148 valence electrons. The van der Waals surface area contributed by atoms with Gasteiger partial charge in [-0.25, -0.2) is 4.98 Å². The summed E-state index contributed by atoms with van der Waals surface area (Å²) >= 11 is 5.90. The zero-order valence-corrected chi connectivity index (χ0v) is 16.2. The summed E-state index contributed by atoms with van der Waals surface area (Å²) in [4.78, 5) is 31.4. The Hall–Kier alpha value is -3.39. The predicted octanol–water partition coefficient (Wildman–Crippen LogP) is 3.40. The molecule has 29 heavy (non-hydrogen) atoms. The first kappa shape index (κ1) is 18.9. The fraction of sp³-hybridized carbons (Fsp3) is 0.200. The topological polar surface area (TPSA) is 84.5 Å². The first-order valence-electron chi connectivity index (χ1n) is 9.09. The summed E-state index contributed by atoms with van der Waals surface area (Å²) in [6.45, 7) is 2.01. The highest BCUT2D eigenvalue weighted by Crippen LogP contribution is 2.31. The fourth-order valence-electron chi connectivity index (χ4n) is 3.43. The van der Waals surface area contributed by atoms with Gasteiger partial charge >= 0.3 is 0 Å². The van der Waals surface area contributed by atoms with Gasteiger partial charge in [0.1, 0.15) is 5.69 Å². The van der Waals surface area contributed by atoms with Crippen molar-refractivity contribution in [1.29, 1.82) is 0 Å². The van der Waals surface area contributed by atoms with Gasteiger partial charge in [0.2, 0.25) is 0 Å². The summed E-state index contributed by atoms with van der Waals surface area (Å²) in [5.41, 5.74) is 2.04. The number of nitrogens with zero attached hydrogens (tertiary/aromatic N) is 5. The van der Waals surface area contributed by atoms with Crippen LogP contribution in [0.2, 0.25) is 5.02 Å². The number of hydrogen-bond donors (Lipinski definition) is 0. The molecule has 2 heterocycles. The average molecular weight is 412 g/mol. The van der Waals surface area contributed by atoms with Crippen molar-refractivity contribution < 1.29 is 9.72 Å². The van der Waals surface area contributed by atoms with Crippen LogP contribution in [0.4, 0.5) is 11.4 Å². The predicted molar refractivity (Wildman–Crippen MR) is 110 cm³/mol. The van der Waals surface area contributed by atoms with Crippen molar-refractivity contribution >= 4 is 28.9 Å². The number of nitro groups is 1. The third-order valence-corrected chi connectivity index (χ3v) is 5.19. The SMILES string of the molecule is O=C(c1ccc(-n2ccnc2)cc1)N1CCN(c2ccc(Cl)cc2[N+](=O)[O-])CC1. The van der Waals surface area contributed by atoms with Crippen LogP contribution in [0.15, 0.2) is 61.2 Å². The van der Waals surface area contributed by atoms with Crippen LogP contribution in [-0.4, -0.2) is 51.5 Å². The summed E-state index contributed by atoms with van der Waals surface area (Å²) in [6.07, 6.45) is 5.24. The maximum atomic E-state index is 12.8. The van der Waals surface area contributed by atoms with Gasteiger partial charge in [0.05, 0.1) is 11.3 Å². The molecule has 0 saturated carbocycles. The van der Waals surface area contributed by atoms with Crippen LogP contribution in [0.5, 0.6) is 0 Å². The van der Waals surface area contributed by atoms with E-state index in [9.17, 15) is 14.9 Å². The Morgan fingerprint density at radius 2 is 1.79 bits per heavy atom. The van der Waals surface area contributed by atoms with Crippen molar-refractivity contribution in [3.8, 4) is 5.69 Å². The number of carbonyl (C=O) groups is 1. The minimum Gasteiger partial charge on any atom is -0.362 e. The lowest BCUT2D eigenvalue weighted by Gasteiger charge is -2.35. The van der Waals surface area contributed by atoms with Crippen LogP contribution in [0.25, 0.3) is 5.69 Å². The van der Waals surface area contributed by atoms with Gasteiger partial charge in [-0.05, 0) is 36.4 Å². The first-order valence-corrected chi connectivity index (χ1v) is 9.47. The van der Waals surface area contributed by atoms with Crippen LogP contribution in [0, 0.1) is 10.1 Å². The van der Waals surface area contributed by atoms with Gasteiger partial charge < -0.3 is 14.4 Å². The molecule has 1 aliphatic heterocycles. The standard InChI is InChI=1S/C20H18ClN5O3/c21-16-3-6-18(19(13-16)26(28)29)23-9-11-24(12-10-23)20(27)15-1-4-17(5-2-15)25-8-7-22-14-25/h1-8,13-14H,9-12H2. The summed E-state index contributed by atoms with van der Waals surface area (Å²) < 4.78 is 1.87. The zero-order valence-electron chi connectivity index (χ0n) is 15.4. The normalized spacial score (nSPS) is 14.1. The number of benzene rings is 2. The number of piperazine rings is 1. The smallest absolute Gasteiger partial charge is 0.294 e. The molecule has 1 amide bonds. The second kappa shape index (κ2) is 7.92. The number of hydrogen-bond acceptors (Lipinski definition) is 5. The molecule has 0 atom stereocenters. The lowest BCUT2D eigenvalue weighted by Crippen LogP contribution is -2.49. The first-order chi connectivity index (χ1) is 14.0. The van der Waals surface area contributed by atoms with Crippen molar-refractivity contribution in [2.45, 2.75) is 0 Å². The number of rotatable bonds is 4. The molecule has 3 aromatic rings. The number of anilines is 1. The Labute approximate surface area is 172 Å². The second-order valence-corrected chi connectivity index (χ2v) is 7.12. The summed E-state index contributed by atoms with van der Waals surface area (Å²) in [6, 6.07) is 12.0. The monoisotopic (exact) mass is 411 g/mol. The molecule has 0 aliphatic carbocycles. The van der Waals surface area contributed by atoms with Crippen molar-refractivity contribution in [3.05, 3.63) is 81.9 Å². The number of carbonyl (C=O) groups excluding carboxylic acids is 1. The van der Waals surface area contributed by atoms with Crippen molar-refractivity contribution in [2.24, 2.45) is 0 Å². The van der Waals surface area contributed by atoms with E-state index in [1.165, 1.54) is 6.07 Å². The van der Waals surface area contributed by atoms with Crippen molar-refractivity contribution in [3.63, 3.8) is 0 Å². The molecule has 9 heteroatoms. The quantitative estimate of drug-likeness (QED) is 0.485. The number of amides is 1. The lowest BCUT2D eigenvalue weighted by atomic mass is 10.1. The molecule has 0 N–H and O–H groups in total. The number of halogens is 1. The van der Waals surface area contributed by atoms with E-state index in [0.29, 0.717) is 42.5 Å². The maximum absolute atomic E-state index is 12.8. The molecule has 0 radical (unpaired) electrons. The largest absolute Gasteiger partial charge is 0.362 e. The van der Waals surface area contributed by atoms with Gasteiger partial charge in [0.25, 0.3) is 11.6 Å². The van der Waals surface area contributed by atoms with E-state index >= 15 is 0 Å². The highest BCUT2D eigenvalue weighted by atomic mass is 35.5. The number of nitro benzene ring substituents is 1. The van der Waals surface area contributed by atoms with Crippen LogP contribution >= 0.6 is 11.6 Å². The van der Waals surface area contributed by atoms with E-state index in [1.54, 1.807) is 41.7 Å². The van der Waals surface area contributed by atoms with E-state index in [0.717, 1.165) is 5.69 Å². The molecule has 1 aliphatic rings. The molecule has 0 spiro atoms. The fourth-order valence-corrected chi connectivity index (χ4v) is 3.60. The molecule has 8 nitrogen and oxygen atoms in total. The van der Waals surface area contributed by atoms with Gasteiger partial charge in [-0.2, -0.15) is 0 Å². The van der Waals surface area contributed by atoms with Crippen LogP contribution in [-0.2, 0) is 0 Å². The minimum atomic E-state index is -0.430.